The van der Waals surface area contributed by atoms with E-state index < -0.39 is 11.9 Å². The van der Waals surface area contributed by atoms with Crippen molar-refractivity contribution in [3.05, 3.63) is 83.2 Å². The maximum atomic E-state index is 13.1. The molecule has 2 N–H and O–H groups in total. The smallest absolute Gasteiger partial charge is 0.328 e. The lowest BCUT2D eigenvalue weighted by Gasteiger charge is -2.34. The Morgan fingerprint density at radius 2 is 1.68 bits per heavy atom. The lowest BCUT2D eigenvalue weighted by molar-refractivity contribution is -0.134. The molecule has 0 spiro atoms. The Morgan fingerprint density at radius 3 is 2.32 bits per heavy atom. The van der Waals surface area contributed by atoms with E-state index in [-0.39, 0.29) is 5.82 Å². The standard InChI is InChI=1S/C17H15FN2.C4H4O4/c18-13-7-5-12(6-8-13)16-11-20-10-9-19-17(20)15-4-2-1-3-14(15)16;5-3(6)1-2-4(7)8/h1-8,16H,9-11H2;1-2H,(H,5,6)(H,7,8)/b;2-1-. The molecule has 0 amide bonds. The van der Waals surface area contributed by atoms with E-state index in [2.05, 4.69) is 34.2 Å². The number of amidine groups is 1. The van der Waals surface area contributed by atoms with Crippen LogP contribution < -0.4 is 0 Å². The van der Waals surface area contributed by atoms with Crippen molar-refractivity contribution in [3.63, 3.8) is 0 Å². The summed E-state index contributed by atoms with van der Waals surface area (Å²) in [4.78, 5) is 26.1. The van der Waals surface area contributed by atoms with Crippen LogP contribution in [0.15, 0.2) is 65.7 Å². The summed E-state index contributed by atoms with van der Waals surface area (Å²) < 4.78 is 13.1. The number of aliphatic imine (C=N–C) groups is 1. The van der Waals surface area contributed by atoms with Gasteiger partial charge in [0.1, 0.15) is 11.7 Å². The molecule has 0 radical (unpaired) electrons. The molecule has 2 heterocycles. The number of halogens is 1. The maximum Gasteiger partial charge on any atom is 0.328 e. The minimum atomic E-state index is -1.26. The molecule has 7 heteroatoms. The predicted molar refractivity (Wildman–Crippen MR) is 102 cm³/mol. The molecule has 0 aliphatic carbocycles. The Balaban J connectivity index is 0.000000242. The first-order chi connectivity index (χ1) is 13.5. The van der Waals surface area contributed by atoms with Crippen LogP contribution in [0.2, 0.25) is 0 Å². The molecular formula is C21H19FN2O4. The van der Waals surface area contributed by atoms with Crippen LogP contribution in [0.1, 0.15) is 22.6 Å². The number of nitrogens with zero attached hydrogens (tertiary/aromatic N) is 2. The summed E-state index contributed by atoms with van der Waals surface area (Å²) in [7, 11) is 0. The number of hydrogen-bond donors (Lipinski definition) is 2. The molecule has 0 aromatic heterocycles. The van der Waals surface area contributed by atoms with Gasteiger partial charge in [0.2, 0.25) is 0 Å². The molecular weight excluding hydrogens is 363 g/mol. The Hall–Kier alpha value is -3.48. The van der Waals surface area contributed by atoms with Gasteiger partial charge in [0.25, 0.3) is 0 Å². The highest BCUT2D eigenvalue weighted by molar-refractivity contribution is 6.02. The molecule has 0 saturated heterocycles. The average Bonchev–Trinajstić information content (AvgIpc) is 3.16. The van der Waals surface area contributed by atoms with Gasteiger partial charge in [-0.15, -0.1) is 0 Å². The van der Waals surface area contributed by atoms with Gasteiger partial charge in [0.15, 0.2) is 0 Å². The summed E-state index contributed by atoms with van der Waals surface area (Å²) in [5, 5.41) is 15.6. The van der Waals surface area contributed by atoms with Gasteiger partial charge in [-0.25, -0.2) is 14.0 Å². The van der Waals surface area contributed by atoms with Crippen molar-refractivity contribution in [2.24, 2.45) is 4.99 Å². The summed E-state index contributed by atoms with van der Waals surface area (Å²) in [5.41, 5.74) is 3.70. The fourth-order valence-electron chi connectivity index (χ4n) is 3.36. The van der Waals surface area contributed by atoms with Crippen molar-refractivity contribution >= 4 is 17.8 Å². The quantitative estimate of drug-likeness (QED) is 0.797. The molecule has 1 unspecified atom stereocenters. The second kappa shape index (κ2) is 8.47. The second-order valence-corrected chi connectivity index (χ2v) is 6.35. The molecule has 2 aliphatic rings. The molecule has 2 aromatic rings. The summed E-state index contributed by atoms with van der Waals surface area (Å²) in [5.74, 6) is -1.27. The molecule has 0 fully saturated rings. The first kappa shape index (κ1) is 19.3. The number of rotatable bonds is 3. The van der Waals surface area contributed by atoms with Crippen molar-refractivity contribution in [3.8, 4) is 0 Å². The number of aliphatic carboxylic acids is 2. The minimum absolute atomic E-state index is 0.179. The minimum Gasteiger partial charge on any atom is -0.478 e. The zero-order valence-electron chi connectivity index (χ0n) is 15.0. The van der Waals surface area contributed by atoms with E-state index in [0.717, 1.165) is 25.5 Å². The van der Waals surface area contributed by atoms with Gasteiger partial charge in [0, 0.05) is 36.7 Å². The number of fused-ring (bicyclic) bond motifs is 3. The van der Waals surface area contributed by atoms with Crippen molar-refractivity contribution in [1.82, 2.24) is 4.90 Å². The second-order valence-electron chi connectivity index (χ2n) is 6.35. The summed E-state index contributed by atoms with van der Waals surface area (Å²) in [6.45, 7) is 2.79. The van der Waals surface area contributed by atoms with E-state index in [4.69, 9.17) is 10.2 Å². The normalized spacial score (nSPS) is 17.2. The van der Waals surface area contributed by atoms with Crippen molar-refractivity contribution in [2.75, 3.05) is 19.6 Å². The van der Waals surface area contributed by atoms with E-state index in [1.54, 1.807) is 12.1 Å². The molecule has 1 atom stereocenters. The first-order valence-electron chi connectivity index (χ1n) is 8.74. The lowest BCUT2D eigenvalue weighted by atomic mass is 9.84. The number of carboxylic acids is 2. The monoisotopic (exact) mass is 382 g/mol. The van der Waals surface area contributed by atoms with Crippen molar-refractivity contribution in [2.45, 2.75) is 5.92 Å². The Bertz CT molecular complexity index is 922. The van der Waals surface area contributed by atoms with Crippen LogP contribution in [0, 0.1) is 5.82 Å². The van der Waals surface area contributed by atoms with Gasteiger partial charge in [-0.05, 0) is 23.3 Å². The number of carbonyl (C=O) groups is 2. The van der Waals surface area contributed by atoms with Crippen molar-refractivity contribution < 1.29 is 24.2 Å². The van der Waals surface area contributed by atoms with E-state index in [0.29, 0.717) is 18.1 Å². The van der Waals surface area contributed by atoms with Crippen LogP contribution in [-0.4, -0.2) is 52.5 Å². The largest absolute Gasteiger partial charge is 0.478 e. The molecule has 28 heavy (non-hydrogen) atoms. The fraction of sp³-hybridized carbons (Fsp3) is 0.190. The fourth-order valence-corrected chi connectivity index (χ4v) is 3.36. The maximum absolute atomic E-state index is 13.1. The van der Waals surface area contributed by atoms with E-state index >= 15 is 0 Å². The van der Waals surface area contributed by atoms with Gasteiger partial charge in [-0.3, -0.25) is 4.99 Å². The van der Waals surface area contributed by atoms with Crippen LogP contribution in [0.5, 0.6) is 0 Å². The first-order valence-corrected chi connectivity index (χ1v) is 8.74. The van der Waals surface area contributed by atoms with Gasteiger partial charge >= 0.3 is 11.9 Å². The highest BCUT2D eigenvalue weighted by Gasteiger charge is 2.32. The van der Waals surface area contributed by atoms with Gasteiger partial charge in [0.05, 0.1) is 6.54 Å². The number of benzene rings is 2. The third-order valence-electron chi connectivity index (χ3n) is 4.55. The van der Waals surface area contributed by atoms with Crippen LogP contribution >= 0.6 is 0 Å². The SMILES string of the molecule is Fc1ccc(C2CN3CCN=C3c3ccccc32)cc1.O=C(O)/C=C\C(=O)O. The van der Waals surface area contributed by atoms with Crippen LogP contribution in [0.25, 0.3) is 0 Å². The summed E-state index contributed by atoms with van der Waals surface area (Å²) in [6.07, 6.45) is 1.12. The molecule has 2 aromatic carbocycles. The number of hydrogen-bond acceptors (Lipinski definition) is 4. The highest BCUT2D eigenvalue weighted by atomic mass is 19.1. The van der Waals surface area contributed by atoms with E-state index in [1.165, 1.54) is 16.7 Å². The summed E-state index contributed by atoms with van der Waals surface area (Å²) >= 11 is 0. The third kappa shape index (κ3) is 4.43. The zero-order valence-corrected chi connectivity index (χ0v) is 15.0. The Kier molecular flexibility index (Phi) is 5.84. The molecule has 0 saturated carbocycles. The molecule has 4 rings (SSSR count). The summed E-state index contributed by atoms with van der Waals surface area (Å²) in [6, 6.07) is 15.3. The van der Waals surface area contributed by atoms with Gasteiger partial charge < -0.3 is 15.1 Å². The highest BCUT2D eigenvalue weighted by Crippen LogP contribution is 2.34. The zero-order chi connectivity index (χ0) is 20.1. The number of carboxylic acid groups (broad SMARTS) is 2. The topological polar surface area (TPSA) is 90.2 Å². The van der Waals surface area contributed by atoms with Crippen molar-refractivity contribution in [1.29, 1.82) is 0 Å². The van der Waals surface area contributed by atoms with Crippen LogP contribution in [-0.2, 0) is 9.59 Å². The van der Waals surface area contributed by atoms with Gasteiger partial charge in [-0.2, -0.15) is 0 Å². The Morgan fingerprint density at radius 1 is 1.04 bits per heavy atom. The van der Waals surface area contributed by atoms with Crippen LogP contribution in [0.3, 0.4) is 0 Å². The van der Waals surface area contributed by atoms with Gasteiger partial charge in [-0.1, -0.05) is 36.4 Å². The molecule has 6 nitrogen and oxygen atoms in total. The molecule has 2 aliphatic heterocycles. The van der Waals surface area contributed by atoms with E-state index in [1.807, 2.05) is 12.1 Å². The average molecular weight is 382 g/mol. The van der Waals surface area contributed by atoms with Crippen LogP contribution in [0.4, 0.5) is 4.39 Å². The third-order valence-corrected chi connectivity index (χ3v) is 4.55. The predicted octanol–water partition coefficient (Wildman–Crippen LogP) is 2.75. The Labute approximate surface area is 161 Å². The lowest BCUT2D eigenvalue weighted by Crippen LogP contribution is -2.38. The molecule has 0 bridgehead atoms. The molecule has 144 valence electrons. The van der Waals surface area contributed by atoms with E-state index in [9.17, 15) is 14.0 Å².